The molecule has 1 aliphatic rings. The van der Waals surface area contributed by atoms with Gasteiger partial charge in [-0.15, -0.1) is 0 Å². The number of rotatable bonds is 6. The Labute approximate surface area is 181 Å². The van der Waals surface area contributed by atoms with Gasteiger partial charge in [0.15, 0.2) is 0 Å². The highest BCUT2D eigenvalue weighted by Gasteiger charge is 2.19. The summed E-state index contributed by atoms with van der Waals surface area (Å²) in [5.74, 6) is 0.627. The van der Waals surface area contributed by atoms with Crippen LogP contribution in [0.1, 0.15) is 12.0 Å². The molecule has 3 aromatic rings. The summed E-state index contributed by atoms with van der Waals surface area (Å²) in [7, 11) is 0. The van der Waals surface area contributed by atoms with Crippen molar-refractivity contribution in [3.8, 4) is 0 Å². The molecule has 0 atom stereocenters. The molecule has 0 spiro atoms. The van der Waals surface area contributed by atoms with Gasteiger partial charge in [-0.25, -0.2) is 9.97 Å². The van der Waals surface area contributed by atoms with Crippen LogP contribution in [0, 0.1) is 0 Å². The third-order valence-electron chi connectivity index (χ3n) is 5.14. The Hall–Kier alpha value is -3.12. The summed E-state index contributed by atoms with van der Waals surface area (Å²) in [5.41, 5.74) is 2.89. The SMILES string of the molecule is O=C(CCc1cccc(Cl)c1)Nc1cnc(N2CCN(c3ccccc3)CC2)nc1. The Bertz CT molecular complexity index is 972. The average molecular weight is 422 g/mol. The molecule has 1 N–H and O–H groups in total. The number of hydrogen-bond donors (Lipinski definition) is 1. The predicted octanol–water partition coefficient (Wildman–Crippen LogP) is 4.03. The van der Waals surface area contributed by atoms with E-state index in [4.69, 9.17) is 11.6 Å². The minimum atomic E-state index is -0.0669. The number of hydrogen-bond acceptors (Lipinski definition) is 5. The van der Waals surface area contributed by atoms with Crippen molar-refractivity contribution < 1.29 is 4.79 Å². The van der Waals surface area contributed by atoms with Crippen LogP contribution in [-0.2, 0) is 11.2 Å². The molecule has 0 unspecified atom stereocenters. The fraction of sp³-hybridized carbons (Fsp3) is 0.261. The van der Waals surface area contributed by atoms with Crippen molar-refractivity contribution in [3.05, 3.63) is 77.6 Å². The highest BCUT2D eigenvalue weighted by atomic mass is 35.5. The molecule has 1 fully saturated rings. The number of amides is 1. The number of aromatic nitrogens is 2. The van der Waals surface area contributed by atoms with E-state index >= 15 is 0 Å². The smallest absolute Gasteiger partial charge is 0.225 e. The summed E-state index contributed by atoms with van der Waals surface area (Å²) in [6, 6.07) is 18.0. The first-order valence-electron chi connectivity index (χ1n) is 10.1. The molecule has 4 rings (SSSR count). The van der Waals surface area contributed by atoms with Crippen molar-refractivity contribution in [2.75, 3.05) is 41.3 Å². The van der Waals surface area contributed by atoms with Gasteiger partial charge < -0.3 is 15.1 Å². The number of para-hydroxylation sites is 1. The monoisotopic (exact) mass is 421 g/mol. The van der Waals surface area contributed by atoms with E-state index in [-0.39, 0.29) is 5.91 Å². The zero-order valence-electron chi connectivity index (χ0n) is 16.7. The number of aryl methyl sites for hydroxylation is 1. The zero-order valence-corrected chi connectivity index (χ0v) is 17.4. The third kappa shape index (κ3) is 5.27. The van der Waals surface area contributed by atoms with E-state index in [0.717, 1.165) is 31.7 Å². The van der Waals surface area contributed by atoms with E-state index < -0.39 is 0 Å². The van der Waals surface area contributed by atoms with Gasteiger partial charge in [0.25, 0.3) is 0 Å². The third-order valence-corrected chi connectivity index (χ3v) is 5.37. The van der Waals surface area contributed by atoms with Crippen LogP contribution in [0.4, 0.5) is 17.3 Å². The minimum Gasteiger partial charge on any atom is -0.368 e. The minimum absolute atomic E-state index is 0.0669. The second-order valence-electron chi connectivity index (χ2n) is 7.26. The highest BCUT2D eigenvalue weighted by molar-refractivity contribution is 6.30. The molecule has 30 heavy (non-hydrogen) atoms. The van der Waals surface area contributed by atoms with Gasteiger partial charge in [0.1, 0.15) is 0 Å². The molecule has 1 saturated heterocycles. The average Bonchev–Trinajstić information content (AvgIpc) is 2.79. The highest BCUT2D eigenvalue weighted by Crippen LogP contribution is 2.18. The van der Waals surface area contributed by atoms with E-state index in [1.807, 2.05) is 30.3 Å². The normalized spacial score (nSPS) is 13.9. The molecule has 0 bridgehead atoms. The largest absolute Gasteiger partial charge is 0.368 e. The topological polar surface area (TPSA) is 61.4 Å². The van der Waals surface area contributed by atoms with Gasteiger partial charge in [-0.2, -0.15) is 0 Å². The van der Waals surface area contributed by atoms with Crippen molar-refractivity contribution in [1.82, 2.24) is 9.97 Å². The molecule has 1 aliphatic heterocycles. The first-order valence-corrected chi connectivity index (χ1v) is 10.5. The van der Waals surface area contributed by atoms with Gasteiger partial charge >= 0.3 is 0 Å². The standard InChI is InChI=1S/C23H24ClN5O/c24-19-6-4-5-18(15-19)9-10-22(30)27-20-16-25-23(26-17-20)29-13-11-28(12-14-29)21-7-2-1-3-8-21/h1-8,15-17H,9-14H2,(H,27,30). The van der Waals surface area contributed by atoms with Crippen LogP contribution in [0.25, 0.3) is 0 Å². The molecule has 1 aromatic heterocycles. The Balaban J connectivity index is 1.26. The van der Waals surface area contributed by atoms with Crippen LogP contribution in [0.3, 0.4) is 0 Å². The number of carbonyl (C=O) groups excluding carboxylic acids is 1. The van der Waals surface area contributed by atoms with E-state index in [0.29, 0.717) is 29.5 Å². The molecule has 2 heterocycles. The van der Waals surface area contributed by atoms with Crippen LogP contribution in [0.5, 0.6) is 0 Å². The molecule has 7 heteroatoms. The summed E-state index contributed by atoms with van der Waals surface area (Å²) in [5, 5.41) is 3.54. The molecule has 0 radical (unpaired) electrons. The summed E-state index contributed by atoms with van der Waals surface area (Å²) >= 11 is 5.98. The summed E-state index contributed by atoms with van der Waals surface area (Å²) < 4.78 is 0. The Morgan fingerprint density at radius 3 is 2.33 bits per heavy atom. The van der Waals surface area contributed by atoms with Crippen LogP contribution in [-0.4, -0.2) is 42.1 Å². The van der Waals surface area contributed by atoms with E-state index in [2.05, 4.69) is 49.4 Å². The fourth-order valence-electron chi connectivity index (χ4n) is 3.53. The molecule has 0 aliphatic carbocycles. The van der Waals surface area contributed by atoms with Gasteiger partial charge in [-0.3, -0.25) is 4.79 Å². The maximum Gasteiger partial charge on any atom is 0.225 e. The maximum absolute atomic E-state index is 12.2. The van der Waals surface area contributed by atoms with Gasteiger partial charge in [-0.05, 0) is 36.2 Å². The van der Waals surface area contributed by atoms with Crippen LogP contribution >= 0.6 is 11.6 Å². The number of anilines is 3. The second-order valence-corrected chi connectivity index (χ2v) is 7.70. The van der Waals surface area contributed by atoms with Crippen LogP contribution < -0.4 is 15.1 Å². The number of nitrogens with zero attached hydrogens (tertiary/aromatic N) is 4. The van der Waals surface area contributed by atoms with Gasteiger partial charge in [0.2, 0.25) is 11.9 Å². The number of carbonyl (C=O) groups is 1. The number of piperazine rings is 1. The van der Waals surface area contributed by atoms with Crippen molar-refractivity contribution in [2.24, 2.45) is 0 Å². The Kier molecular flexibility index (Phi) is 6.44. The Morgan fingerprint density at radius 2 is 1.63 bits per heavy atom. The van der Waals surface area contributed by atoms with Gasteiger partial charge in [-0.1, -0.05) is 41.9 Å². The maximum atomic E-state index is 12.2. The van der Waals surface area contributed by atoms with E-state index in [1.54, 1.807) is 12.4 Å². The lowest BCUT2D eigenvalue weighted by atomic mass is 10.1. The fourth-order valence-corrected chi connectivity index (χ4v) is 3.74. The van der Waals surface area contributed by atoms with Crippen molar-refractivity contribution in [2.45, 2.75) is 12.8 Å². The lowest BCUT2D eigenvalue weighted by Crippen LogP contribution is -2.47. The van der Waals surface area contributed by atoms with Crippen LogP contribution in [0.2, 0.25) is 5.02 Å². The first kappa shape index (κ1) is 20.2. The lowest BCUT2D eigenvalue weighted by Gasteiger charge is -2.36. The van der Waals surface area contributed by atoms with E-state index in [9.17, 15) is 4.79 Å². The van der Waals surface area contributed by atoms with Crippen molar-refractivity contribution >= 4 is 34.8 Å². The number of benzene rings is 2. The molecule has 154 valence electrons. The molecule has 1 amide bonds. The quantitative estimate of drug-likeness (QED) is 0.651. The van der Waals surface area contributed by atoms with Crippen molar-refractivity contribution in [1.29, 1.82) is 0 Å². The first-order chi connectivity index (χ1) is 14.7. The Morgan fingerprint density at radius 1 is 0.933 bits per heavy atom. The molecule has 0 saturated carbocycles. The van der Waals surface area contributed by atoms with Gasteiger partial charge in [0, 0.05) is 43.3 Å². The molecular formula is C23H24ClN5O. The predicted molar refractivity (Wildman–Crippen MR) is 121 cm³/mol. The summed E-state index contributed by atoms with van der Waals surface area (Å²) in [4.78, 5) is 25.6. The van der Waals surface area contributed by atoms with Crippen molar-refractivity contribution in [3.63, 3.8) is 0 Å². The second kappa shape index (κ2) is 9.59. The summed E-state index contributed by atoms with van der Waals surface area (Å²) in [6.45, 7) is 3.57. The molecule has 2 aromatic carbocycles. The van der Waals surface area contributed by atoms with Crippen LogP contribution in [0.15, 0.2) is 67.0 Å². The van der Waals surface area contributed by atoms with Gasteiger partial charge in [0.05, 0.1) is 18.1 Å². The molecular weight excluding hydrogens is 398 g/mol. The summed E-state index contributed by atoms with van der Waals surface area (Å²) in [6.07, 6.45) is 4.35. The number of halogens is 1. The lowest BCUT2D eigenvalue weighted by molar-refractivity contribution is -0.116. The zero-order chi connectivity index (χ0) is 20.8. The number of nitrogens with one attached hydrogen (secondary N) is 1. The molecule has 6 nitrogen and oxygen atoms in total. The van der Waals surface area contributed by atoms with E-state index in [1.165, 1.54) is 5.69 Å².